The Balaban J connectivity index is 0.00000544. The van der Waals surface area contributed by atoms with Crippen LogP contribution in [0.15, 0.2) is 47.4 Å². The van der Waals surface area contributed by atoms with Crippen LogP contribution in [0.4, 0.5) is 0 Å². The third-order valence-corrected chi connectivity index (χ3v) is 6.65. The maximum atomic E-state index is 12.1. The summed E-state index contributed by atoms with van der Waals surface area (Å²) in [7, 11) is -4.45. The van der Waals surface area contributed by atoms with Crippen LogP contribution in [0, 0.1) is 0 Å². The Labute approximate surface area is 222 Å². The zero-order chi connectivity index (χ0) is 23.2. The number of unbranched alkanes of at least 4 members (excludes halogenated alkanes) is 11. The third-order valence-electron chi connectivity index (χ3n) is 5.67. The van der Waals surface area contributed by atoms with E-state index in [1.54, 1.807) is 12.1 Å². The van der Waals surface area contributed by atoms with Gasteiger partial charge in [0.2, 0.25) is 0 Å². The van der Waals surface area contributed by atoms with Crippen LogP contribution in [-0.2, 0) is 16.5 Å². The molecule has 0 atom stereocenters. The van der Waals surface area contributed by atoms with E-state index >= 15 is 0 Å². The summed E-state index contributed by atoms with van der Waals surface area (Å²) in [5, 5.41) is 11.3. The maximum absolute atomic E-state index is 12.1. The Morgan fingerprint density at radius 3 is 1.82 bits per heavy atom. The molecule has 2 rings (SSSR count). The fourth-order valence-electron chi connectivity index (χ4n) is 3.92. The van der Waals surface area contributed by atoms with Crippen molar-refractivity contribution in [1.29, 1.82) is 0 Å². The van der Waals surface area contributed by atoms with E-state index in [9.17, 15) is 18.1 Å². The molecular formula is C26H37NaO5S. The second-order valence-corrected chi connectivity index (χ2v) is 9.79. The first-order valence-electron chi connectivity index (χ1n) is 12.0. The first-order valence-corrected chi connectivity index (χ1v) is 13.4. The topological polar surface area (TPSA) is 86.7 Å². The number of rotatable bonds is 16. The molecule has 7 heteroatoms. The quantitative estimate of drug-likeness (QED) is 0.221. The van der Waals surface area contributed by atoms with E-state index in [1.807, 2.05) is 0 Å². The number of hydrogen-bond donors (Lipinski definition) is 1. The molecule has 2 aromatic rings. The predicted molar refractivity (Wildman–Crippen MR) is 127 cm³/mol. The molecule has 178 valence electrons. The fraction of sp³-hybridized carbons (Fsp3) is 0.538. The van der Waals surface area contributed by atoms with Gasteiger partial charge in [-0.25, -0.2) is 0 Å². The average molecular weight is 485 g/mol. The van der Waals surface area contributed by atoms with Crippen molar-refractivity contribution in [1.82, 2.24) is 0 Å². The number of ether oxygens (including phenoxy) is 1. The van der Waals surface area contributed by atoms with Gasteiger partial charge in [0, 0.05) is 0 Å². The van der Waals surface area contributed by atoms with Gasteiger partial charge in [0.1, 0.15) is 16.4 Å². The number of benzene rings is 2. The van der Waals surface area contributed by atoms with Gasteiger partial charge in [-0.1, -0.05) is 102 Å². The first kappa shape index (κ1) is 30.0. The second kappa shape index (κ2) is 16.6. The van der Waals surface area contributed by atoms with Crippen LogP contribution < -0.4 is 39.4 Å². The summed E-state index contributed by atoms with van der Waals surface area (Å²) in [6, 6.07) is 10.6. The minimum absolute atomic E-state index is 0. The maximum Gasteiger partial charge on any atom is 1.00 e. The van der Waals surface area contributed by atoms with Crippen molar-refractivity contribution in [3.05, 3.63) is 48.0 Å². The fourth-order valence-corrected chi connectivity index (χ4v) is 4.79. The molecule has 0 unspecified atom stereocenters. The monoisotopic (exact) mass is 484 g/mol. The van der Waals surface area contributed by atoms with Crippen molar-refractivity contribution < 1.29 is 52.4 Å². The summed E-state index contributed by atoms with van der Waals surface area (Å²) in [5.74, 6) is 0.257. The zero-order valence-corrected chi connectivity index (χ0v) is 23.0. The van der Waals surface area contributed by atoms with Crippen LogP contribution in [0.2, 0.25) is 0 Å². The minimum Gasteiger partial charge on any atom is -0.872 e. The molecule has 2 aromatic carbocycles. The molecule has 1 N–H and O–H groups in total. The third kappa shape index (κ3) is 11.8. The molecule has 0 spiro atoms. The van der Waals surface area contributed by atoms with Crippen molar-refractivity contribution in [2.75, 3.05) is 0 Å². The molecule has 0 fully saturated rings. The Hall–Kier alpha value is -1.05. The van der Waals surface area contributed by atoms with Gasteiger partial charge in [-0.2, -0.15) is 8.42 Å². The van der Waals surface area contributed by atoms with Crippen LogP contribution in [0.3, 0.4) is 0 Å². The van der Waals surface area contributed by atoms with E-state index in [4.69, 9.17) is 4.74 Å². The largest absolute Gasteiger partial charge is 1.00 e. The zero-order valence-electron chi connectivity index (χ0n) is 20.2. The molecular weight excluding hydrogens is 447 g/mol. The van der Waals surface area contributed by atoms with Crippen LogP contribution in [0.25, 0.3) is 0 Å². The Morgan fingerprint density at radius 1 is 0.788 bits per heavy atom. The molecule has 0 radical (unpaired) electrons. The first-order chi connectivity index (χ1) is 15.4. The normalized spacial score (nSPS) is 11.2. The molecule has 0 bridgehead atoms. The van der Waals surface area contributed by atoms with Crippen LogP contribution in [-0.4, -0.2) is 13.0 Å². The summed E-state index contributed by atoms with van der Waals surface area (Å²) in [6.07, 6.45) is 15.4. The molecule has 0 aliphatic rings. The molecule has 33 heavy (non-hydrogen) atoms. The van der Waals surface area contributed by atoms with Gasteiger partial charge in [-0.15, -0.1) is 5.75 Å². The van der Waals surface area contributed by atoms with Gasteiger partial charge in [-0.05, 0) is 36.6 Å². The predicted octanol–water partition coefficient (Wildman–Crippen LogP) is 4.05. The van der Waals surface area contributed by atoms with E-state index in [2.05, 4.69) is 6.92 Å². The van der Waals surface area contributed by atoms with Gasteiger partial charge in [0.05, 0.1) is 0 Å². The molecule has 5 nitrogen and oxygen atoms in total. The molecule has 0 aromatic heterocycles. The van der Waals surface area contributed by atoms with E-state index in [0.29, 0.717) is 17.7 Å². The number of hydrogen-bond acceptors (Lipinski definition) is 4. The molecule has 0 saturated heterocycles. The average Bonchev–Trinajstić information content (AvgIpc) is 2.75. The smallest absolute Gasteiger partial charge is 0.872 e. The van der Waals surface area contributed by atoms with E-state index < -0.39 is 10.1 Å². The van der Waals surface area contributed by atoms with Crippen LogP contribution in [0.5, 0.6) is 17.2 Å². The standard InChI is InChI=1S/C26H38O5S.Na/c1-2-3-4-5-6-7-8-9-10-11-12-13-15-22-16-14-17-25(26(22)32(28,29)30)31-24-20-18-23(27)19-21-24;/h14,16-21,27H,2-13,15H2,1H3,(H,28,29,30);/q;+1/p-1. The molecule has 0 aliphatic carbocycles. The van der Waals surface area contributed by atoms with Crippen molar-refractivity contribution >= 4 is 10.1 Å². The number of aryl methyl sites for hydroxylation is 1. The van der Waals surface area contributed by atoms with Crippen LogP contribution in [0.1, 0.15) is 89.5 Å². The van der Waals surface area contributed by atoms with Crippen molar-refractivity contribution in [2.24, 2.45) is 0 Å². The SMILES string of the molecule is CCCCCCCCCCCCCCc1cccc(Oc2ccc([O-])cc2)c1S(=O)(=O)O.[Na+]. The van der Waals surface area contributed by atoms with Crippen molar-refractivity contribution in [3.63, 3.8) is 0 Å². The van der Waals surface area contributed by atoms with E-state index in [1.165, 1.54) is 88.1 Å². The van der Waals surface area contributed by atoms with Gasteiger partial charge < -0.3 is 9.84 Å². The molecule has 0 saturated carbocycles. The summed E-state index contributed by atoms with van der Waals surface area (Å²) in [4.78, 5) is -0.186. The Kier molecular flexibility index (Phi) is 15.0. The Morgan fingerprint density at radius 2 is 1.30 bits per heavy atom. The second-order valence-electron chi connectivity index (χ2n) is 8.43. The minimum atomic E-state index is -4.45. The molecule has 0 heterocycles. The van der Waals surface area contributed by atoms with E-state index in [-0.39, 0.29) is 46.0 Å². The van der Waals surface area contributed by atoms with Crippen LogP contribution >= 0.6 is 0 Å². The van der Waals surface area contributed by atoms with Crippen molar-refractivity contribution in [2.45, 2.75) is 95.3 Å². The Bertz CT molecular complexity index is 897. The summed E-state index contributed by atoms with van der Waals surface area (Å²) in [5.41, 5.74) is 0.553. The summed E-state index contributed by atoms with van der Waals surface area (Å²) >= 11 is 0. The molecule has 0 amide bonds. The summed E-state index contributed by atoms with van der Waals surface area (Å²) in [6.45, 7) is 2.24. The van der Waals surface area contributed by atoms with Gasteiger partial charge in [0.15, 0.2) is 0 Å². The molecule has 0 aliphatic heterocycles. The van der Waals surface area contributed by atoms with Gasteiger partial charge >= 0.3 is 29.6 Å². The van der Waals surface area contributed by atoms with Gasteiger partial charge in [0.25, 0.3) is 10.1 Å². The van der Waals surface area contributed by atoms with E-state index in [0.717, 1.165) is 19.3 Å². The summed E-state index contributed by atoms with van der Waals surface area (Å²) < 4.78 is 39.6. The van der Waals surface area contributed by atoms with Gasteiger partial charge in [-0.3, -0.25) is 4.55 Å². The van der Waals surface area contributed by atoms with Crippen molar-refractivity contribution in [3.8, 4) is 17.2 Å².